The van der Waals surface area contributed by atoms with Crippen LogP contribution in [0.1, 0.15) is 44.0 Å². The van der Waals surface area contributed by atoms with Gasteiger partial charge in [0.25, 0.3) is 5.91 Å². The van der Waals surface area contributed by atoms with Crippen molar-refractivity contribution >= 4 is 12.1 Å². The molecule has 0 spiro atoms. The molecule has 0 saturated heterocycles. The van der Waals surface area contributed by atoms with Crippen molar-refractivity contribution in [2.24, 2.45) is 5.10 Å². The molecule has 1 aromatic heterocycles. The molecule has 0 aliphatic carbocycles. The van der Waals surface area contributed by atoms with Crippen molar-refractivity contribution in [1.29, 1.82) is 0 Å². The molecule has 1 amide bonds. The molecular formula is C23H25N3O. The molecule has 0 aliphatic heterocycles. The van der Waals surface area contributed by atoms with E-state index in [1.54, 1.807) is 18.3 Å². The largest absolute Gasteiger partial charge is 0.317 e. The van der Waals surface area contributed by atoms with Crippen LogP contribution >= 0.6 is 0 Å². The lowest BCUT2D eigenvalue weighted by Crippen LogP contribution is -2.17. The maximum Gasteiger partial charge on any atom is 0.271 e. The Balaban J connectivity index is 1.83. The van der Waals surface area contributed by atoms with E-state index >= 15 is 0 Å². The third-order valence-corrected chi connectivity index (χ3v) is 4.82. The fourth-order valence-electron chi connectivity index (χ4n) is 3.35. The molecule has 3 aromatic rings. The summed E-state index contributed by atoms with van der Waals surface area (Å²) in [5.74, 6) is -0.213. The molecule has 0 unspecified atom stereocenters. The first-order valence-corrected chi connectivity index (χ1v) is 9.04. The maximum absolute atomic E-state index is 12.2. The summed E-state index contributed by atoms with van der Waals surface area (Å²) in [4.78, 5) is 12.2. The number of benzene rings is 2. The summed E-state index contributed by atoms with van der Waals surface area (Å²) in [6, 6.07) is 15.8. The number of aromatic nitrogens is 1. The first-order valence-electron chi connectivity index (χ1n) is 9.04. The number of carbonyl (C=O) groups excluding carboxylic acids is 1. The van der Waals surface area contributed by atoms with Crippen LogP contribution < -0.4 is 5.43 Å². The van der Waals surface area contributed by atoms with Crippen LogP contribution in [-0.2, 0) is 0 Å². The average Bonchev–Trinajstić information content (AvgIpc) is 2.90. The van der Waals surface area contributed by atoms with Gasteiger partial charge in [0.05, 0.1) is 11.9 Å². The number of para-hydroxylation sites is 1. The summed E-state index contributed by atoms with van der Waals surface area (Å²) < 4.78 is 2.24. The van der Waals surface area contributed by atoms with E-state index in [1.165, 1.54) is 16.8 Å². The van der Waals surface area contributed by atoms with Crippen LogP contribution in [-0.4, -0.2) is 16.7 Å². The third-order valence-electron chi connectivity index (χ3n) is 4.82. The van der Waals surface area contributed by atoms with Gasteiger partial charge in [-0.15, -0.1) is 0 Å². The Morgan fingerprint density at radius 3 is 2.22 bits per heavy atom. The summed E-state index contributed by atoms with van der Waals surface area (Å²) in [5.41, 5.74) is 11.2. The van der Waals surface area contributed by atoms with Crippen molar-refractivity contribution in [3.05, 3.63) is 87.7 Å². The molecular weight excluding hydrogens is 334 g/mol. The number of hydrogen-bond donors (Lipinski definition) is 1. The molecule has 27 heavy (non-hydrogen) atoms. The van der Waals surface area contributed by atoms with E-state index in [2.05, 4.69) is 67.1 Å². The molecule has 0 aliphatic rings. The van der Waals surface area contributed by atoms with Gasteiger partial charge in [0.15, 0.2) is 0 Å². The summed E-state index contributed by atoms with van der Waals surface area (Å²) in [7, 11) is 0. The Kier molecular flexibility index (Phi) is 5.26. The lowest BCUT2D eigenvalue weighted by Gasteiger charge is -2.15. The first-order chi connectivity index (χ1) is 12.9. The standard InChI is InChI=1S/C23H25N3O/c1-15-9-11-20(12-10-15)23(27)25-24-14-21-13-18(4)26(19(21)5)22-16(2)7-6-8-17(22)3/h6-14H,1-5H3,(H,25,27). The Bertz CT molecular complexity index is 991. The minimum Gasteiger partial charge on any atom is -0.317 e. The first kappa shape index (κ1) is 18.6. The molecule has 1 heterocycles. The molecule has 4 nitrogen and oxygen atoms in total. The van der Waals surface area contributed by atoms with Gasteiger partial charge in [0, 0.05) is 22.5 Å². The van der Waals surface area contributed by atoms with Gasteiger partial charge in [-0.05, 0) is 63.9 Å². The molecule has 0 fully saturated rings. The zero-order valence-corrected chi connectivity index (χ0v) is 16.5. The lowest BCUT2D eigenvalue weighted by molar-refractivity contribution is 0.0955. The highest BCUT2D eigenvalue weighted by atomic mass is 16.2. The number of hydrazone groups is 1. The second-order valence-corrected chi connectivity index (χ2v) is 6.97. The molecule has 1 N–H and O–H groups in total. The molecule has 0 saturated carbocycles. The molecule has 0 bridgehead atoms. The minimum atomic E-state index is -0.213. The fraction of sp³-hybridized carbons (Fsp3) is 0.217. The monoisotopic (exact) mass is 359 g/mol. The fourth-order valence-corrected chi connectivity index (χ4v) is 3.35. The van der Waals surface area contributed by atoms with Crippen LogP contribution in [0.15, 0.2) is 53.6 Å². The highest BCUT2D eigenvalue weighted by Crippen LogP contribution is 2.25. The summed E-state index contributed by atoms with van der Waals surface area (Å²) in [6.45, 7) is 10.4. The van der Waals surface area contributed by atoms with E-state index in [-0.39, 0.29) is 5.91 Å². The quantitative estimate of drug-likeness (QED) is 0.529. The number of nitrogens with one attached hydrogen (secondary N) is 1. The van der Waals surface area contributed by atoms with E-state index < -0.39 is 0 Å². The number of hydrogen-bond acceptors (Lipinski definition) is 2. The smallest absolute Gasteiger partial charge is 0.271 e. The van der Waals surface area contributed by atoms with Gasteiger partial charge in [-0.25, -0.2) is 5.43 Å². The van der Waals surface area contributed by atoms with E-state index in [4.69, 9.17) is 0 Å². The van der Waals surface area contributed by atoms with Crippen molar-refractivity contribution in [3.63, 3.8) is 0 Å². The lowest BCUT2D eigenvalue weighted by atomic mass is 10.1. The topological polar surface area (TPSA) is 46.4 Å². The van der Waals surface area contributed by atoms with Gasteiger partial charge in [0.2, 0.25) is 0 Å². The Morgan fingerprint density at radius 2 is 1.59 bits per heavy atom. The average molecular weight is 359 g/mol. The van der Waals surface area contributed by atoms with Crippen molar-refractivity contribution in [2.75, 3.05) is 0 Å². The second-order valence-electron chi connectivity index (χ2n) is 6.97. The van der Waals surface area contributed by atoms with Gasteiger partial charge in [-0.3, -0.25) is 4.79 Å². The van der Waals surface area contributed by atoms with E-state index in [0.29, 0.717) is 5.56 Å². The van der Waals surface area contributed by atoms with Gasteiger partial charge >= 0.3 is 0 Å². The number of nitrogens with zero attached hydrogens (tertiary/aromatic N) is 2. The Morgan fingerprint density at radius 1 is 0.963 bits per heavy atom. The van der Waals surface area contributed by atoms with E-state index in [1.807, 2.05) is 19.1 Å². The highest BCUT2D eigenvalue weighted by Gasteiger charge is 2.13. The predicted octanol–water partition coefficient (Wildman–Crippen LogP) is 4.78. The van der Waals surface area contributed by atoms with Gasteiger partial charge in [0.1, 0.15) is 0 Å². The Labute approximate surface area is 160 Å². The predicted molar refractivity (Wildman–Crippen MR) is 111 cm³/mol. The normalized spacial score (nSPS) is 11.1. The van der Waals surface area contributed by atoms with Crippen LogP contribution in [0, 0.1) is 34.6 Å². The summed E-state index contributed by atoms with van der Waals surface area (Å²) in [5, 5.41) is 4.16. The molecule has 138 valence electrons. The number of rotatable bonds is 4. The third kappa shape index (κ3) is 3.85. The van der Waals surface area contributed by atoms with E-state index in [9.17, 15) is 4.79 Å². The highest BCUT2D eigenvalue weighted by molar-refractivity contribution is 5.95. The summed E-state index contributed by atoms with van der Waals surface area (Å²) in [6.07, 6.45) is 1.71. The number of aryl methyl sites for hydroxylation is 4. The van der Waals surface area contributed by atoms with Crippen LogP contribution in [0.3, 0.4) is 0 Å². The van der Waals surface area contributed by atoms with Gasteiger partial charge in [-0.1, -0.05) is 35.9 Å². The molecule has 2 aromatic carbocycles. The van der Waals surface area contributed by atoms with Crippen LogP contribution in [0.4, 0.5) is 0 Å². The van der Waals surface area contributed by atoms with E-state index in [0.717, 1.165) is 22.5 Å². The maximum atomic E-state index is 12.2. The zero-order valence-electron chi connectivity index (χ0n) is 16.5. The molecule has 3 rings (SSSR count). The molecule has 0 atom stereocenters. The number of amides is 1. The minimum absolute atomic E-state index is 0.213. The molecule has 0 radical (unpaired) electrons. The molecule has 4 heteroatoms. The van der Waals surface area contributed by atoms with Gasteiger partial charge in [-0.2, -0.15) is 5.10 Å². The summed E-state index contributed by atoms with van der Waals surface area (Å²) >= 11 is 0. The second kappa shape index (κ2) is 7.62. The Hall–Kier alpha value is -3.14. The van der Waals surface area contributed by atoms with Gasteiger partial charge < -0.3 is 4.57 Å². The zero-order chi connectivity index (χ0) is 19.6. The van der Waals surface area contributed by atoms with Crippen LogP contribution in [0.2, 0.25) is 0 Å². The number of carbonyl (C=O) groups is 1. The van der Waals surface area contributed by atoms with Crippen molar-refractivity contribution in [1.82, 2.24) is 9.99 Å². The van der Waals surface area contributed by atoms with Crippen molar-refractivity contribution in [3.8, 4) is 5.69 Å². The SMILES string of the molecule is Cc1ccc(C(=O)NN=Cc2cc(C)n(-c3c(C)cccc3C)c2C)cc1. The van der Waals surface area contributed by atoms with Crippen molar-refractivity contribution in [2.45, 2.75) is 34.6 Å². The van der Waals surface area contributed by atoms with Crippen LogP contribution in [0.5, 0.6) is 0 Å². The van der Waals surface area contributed by atoms with Crippen LogP contribution in [0.25, 0.3) is 5.69 Å². The van der Waals surface area contributed by atoms with Crippen molar-refractivity contribution < 1.29 is 4.79 Å².